The topological polar surface area (TPSA) is 60.8 Å². The van der Waals surface area contributed by atoms with E-state index in [0.29, 0.717) is 18.7 Å². The first-order valence-electron chi connectivity index (χ1n) is 9.74. The van der Waals surface area contributed by atoms with E-state index in [2.05, 4.69) is 6.08 Å². The minimum atomic E-state index is -0.198. The van der Waals surface area contributed by atoms with Crippen LogP contribution in [-0.2, 0) is 0 Å². The lowest BCUT2D eigenvalue weighted by molar-refractivity contribution is 0.0770. The average Bonchev–Trinajstić information content (AvgIpc) is 2.77. The zero-order valence-electron chi connectivity index (χ0n) is 16.0. The molecule has 0 aliphatic carbocycles. The number of amides is 1. The molecule has 4 rings (SSSR count). The van der Waals surface area contributed by atoms with Crippen molar-refractivity contribution in [1.29, 1.82) is 0 Å². The molecule has 0 fully saturated rings. The minimum Gasteiger partial charge on any atom is -0.508 e. The minimum absolute atomic E-state index is 0.0208. The van der Waals surface area contributed by atoms with Gasteiger partial charge in [-0.3, -0.25) is 4.79 Å². The van der Waals surface area contributed by atoms with Crippen LogP contribution in [0.15, 0.2) is 84.9 Å². The highest BCUT2D eigenvalue weighted by Gasteiger charge is 2.25. The number of aromatic hydroxyl groups is 2. The summed E-state index contributed by atoms with van der Waals surface area (Å²) in [6.07, 6.45) is 5.00. The lowest BCUT2D eigenvalue weighted by atomic mass is 9.82. The van der Waals surface area contributed by atoms with Gasteiger partial charge in [0.1, 0.15) is 11.5 Å². The number of nitrogens with zero attached hydrogens (tertiary/aromatic N) is 1. The van der Waals surface area contributed by atoms with Crippen molar-refractivity contribution in [2.75, 3.05) is 13.1 Å². The van der Waals surface area contributed by atoms with Gasteiger partial charge in [-0.25, -0.2) is 0 Å². The summed E-state index contributed by atoms with van der Waals surface area (Å²) >= 11 is 0. The molecule has 0 saturated heterocycles. The third kappa shape index (κ3) is 4.02. The van der Waals surface area contributed by atoms with Gasteiger partial charge >= 0.3 is 0 Å². The van der Waals surface area contributed by atoms with Crippen molar-refractivity contribution in [2.45, 2.75) is 12.3 Å². The number of rotatable bonds is 4. The van der Waals surface area contributed by atoms with Crippen LogP contribution in [0.1, 0.15) is 39.4 Å². The molecule has 0 saturated carbocycles. The van der Waals surface area contributed by atoms with Gasteiger partial charge in [-0.2, -0.15) is 0 Å². The number of benzene rings is 3. The molecule has 1 amide bonds. The van der Waals surface area contributed by atoms with Gasteiger partial charge in [0, 0.05) is 24.6 Å². The normalized spacial score (nSPS) is 13.6. The van der Waals surface area contributed by atoms with Crippen LogP contribution in [0, 0.1) is 0 Å². The molecular formula is C25H23NO3. The molecule has 0 unspecified atom stereocenters. The summed E-state index contributed by atoms with van der Waals surface area (Å²) in [4.78, 5) is 15.2. The molecule has 0 atom stereocenters. The van der Waals surface area contributed by atoms with Crippen molar-refractivity contribution in [1.82, 2.24) is 4.90 Å². The van der Waals surface area contributed by atoms with Crippen LogP contribution in [0.4, 0.5) is 0 Å². The summed E-state index contributed by atoms with van der Waals surface area (Å²) in [5, 5.41) is 19.5. The highest BCUT2D eigenvalue weighted by molar-refractivity contribution is 5.96. The zero-order chi connectivity index (χ0) is 20.2. The Morgan fingerprint density at radius 2 is 1.38 bits per heavy atom. The molecule has 1 heterocycles. The van der Waals surface area contributed by atoms with E-state index in [1.807, 2.05) is 59.5 Å². The first-order valence-corrected chi connectivity index (χ1v) is 9.74. The molecule has 3 aromatic rings. The lowest BCUT2D eigenvalue weighted by Crippen LogP contribution is -2.34. The van der Waals surface area contributed by atoms with E-state index >= 15 is 0 Å². The smallest absolute Gasteiger partial charge is 0.254 e. The number of hydrogen-bond acceptors (Lipinski definition) is 3. The monoisotopic (exact) mass is 385 g/mol. The van der Waals surface area contributed by atoms with Crippen molar-refractivity contribution in [3.05, 3.63) is 107 Å². The summed E-state index contributed by atoms with van der Waals surface area (Å²) in [6.45, 7) is 1.34. The zero-order valence-corrected chi connectivity index (χ0v) is 16.0. The third-order valence-electron chi connectivity index (χ3n) is 5.30. The van der Waals surface area contributed by atoms with Crippen molar-refractivity contribution >= 4 is 5.91 Å². The summed E-state index contributed by atoms with van der Waals surface area (Å²) < 4.78 is 0. The quantitative estimate of drug-likeness (QED) is 0.506. The Morgan fingerprint density at radius 1 is 0.793 bits per heavy atom. The maximum Gasteiger partial charge on any atom is 0.254 e. The highest BCUT2D eigenvalue weighted by atomic mass is 16.3. The molecule has 29 heavy (non-hydrogen) atoms. The van der Waals surface area contributed by atoms with E-state index in [-0.39, 0.29) is 23.3 Å². The SMILES string of the molecule is O=C(c1ccccc1C(c1ccc(O)cc1)c1ccc(O)cc1)N1CC=CCC1. The molecule has 0 spiro atoms. The Morgan fingerprint density at radius 3 is 1.93 bits per heavy atom. The van der Waals surface area contributed by atoms with E-state index < -0.39 is 0 Å². The third-order valence-corrected chi connectivity index (χ3v) is 5.30. The molecule has 1 aliphatic rings. The van der Waals surface area contributed by atoms with Gasteiger partial charge in [0.2, 0.25) is 0 Å². The standard InChI is InChI=1S/C25H23NO3/c27-20-12-8-18(9-13-20)24(19-10-14-21(28)15-11-19)22-6-2-3-7-23(22)25(29)26-16-4-1-5-17-26/h1-4,6-15,24,27-28H,5,16-17H2. The van der Waals surface area contributed by atoms with Crippen molar-refractivity contribution in [3.8, 4) is 11.5 Å². The fourth-order valence-electron chi connectivity index (χ4n) is 3.82. The maximum absolute atomic E-state index is 13.3. The number of phenolic OH excluding ortho intramolecular Hbond substituents is 2. The maximum atomic E-state index is 13.3. The second-order valence-corrected chi connectivity index (χ2v) is 7.21. The Balaban J connectivity index is 1.83. The molecule has 3 aromatic carbocycles. The van der Waals surface area contributed by atoms with E-state index in [0.717, 1.165) is 23.1 Å². The summed E-state index contributed by atoms with van der Waals surface area (Å²) in [5.74, 6) is 0.217. The predicted octanol–water partition coefficient (Wildman–Crippen LogP) is 4.68. The van der Waals surface area contributed by atoms with Gasteiger partial charge in [-0.05, 0) is 53.4 Å². The summed E-state index contributed by atoms with van der Waals surface area (Å²) in [6, 6.07) is 21.8. The van der Waals surface area contributed by atoms with Crippen LogP contribution in [0.2, 0.25) is 0 Å². The van der Waals surface area contributed by atoms with Gasteiger partial charge in [0.05, 0.1) is 0 Å². The van der Waals surface area contributed by atoms with Crippen LogP contribution in [0.3, 0.4) is 0 Å². The number of phenols is 2. The molecule has 4 nitrogen and oxygen atoms in total. The molecule has 0 bridgehead atoms. The van der Waals surface area contributed by atoms with Crippen molar-refractivity contribution < 1.29 is 15.0 Å². The van der Waals surface area contributed by atoms with E-state index in [1.165, 1.54) is 0 Å². The lowest BCUT2D eigenvalue weighted by Gasteiger charge is -2.27. The fraction of sp³-hybridized carbons (Fsp3) is 0.160. The fourth-order valence-corrected chi connectivity index (χ4v) is 3.82. The Labute approximate surface area is 170 Å². The number of carbonyl (C=O) groups excluding carboxylic acids is 1. The van der Waals surface area contributed by atoms with Crippen LogP contribution in [0.5, 0.6) is 11.5 Å². The summed E-state index contributed by atoms with van der Waals surface area (Å²) in [5.41, 5.74) is 3.51. The second kappa shape index (κ2) is 8.23. The Bertz CT molecular complexity index is 977. The van der Waals surface area contributed by atoms with Crippen LogP contribution in [0.25, 0.3) is 0 Å². The molecule has 0 aromatic heterocycles. The van der Waals surface area contributed by atoms with Crippen LogP contribution in [-0.4, -0.2) is 34.1 Å². The van der Waals surface area contributed by atoms with Gasteiger partial charge in [-0.1, -0.05) is 54.6 Å². The Kier molecular flexibility index (Phi) is 5.34. The molecular weight excluding hydrogens is 362 g/mol. The van der Waals surface area contributed by atoms with Crippen molar-refractivity contribution in [2.24, 2.45) is 0 Å². The first-order chi connectivity index (χ1) is 14.1. The van der Waals surface area contributed by atoms with E-state index in [4.69, 9.17) is 0 Å². The number of carbonyl (C=O) groups is 1. The van der Waals surface area contributed by atoms with Gasteiger partial charge in [-0.15, -0.1) is 0 Å². The van der Waals surface area contributed by atoms with Gasteiger partial charge in [0.15, 0.2) is 0 Å². The summed E-state index contributed by atoms with van der Waals surface area (Å²) in [7, 11) is 0. The molecule has 2 N–H and O–H groups in total. The molecule has 146 valence electrons. The second-order valence-electron chi connectivity index (χ2n) is 7.21. The van der Waals surface area contributed by atoms with Crippen LogP contribution >= 0.6 is 0 Å². The predicted molar refractivity (Wildman–Crippen MR) is 113 cm³/mol. The van der Waals surface area contributed by atoms with Crippen LogP contribution < -0.4 is 0 Å². The first kappa shape index (κ1) is 18.8. The largest absolute Gasteiger partial charge is 0.508 e. The van der Waals surface area contributed by atoms with Gasteiger partial charge < -0.3 is 15.1 Å². The van der Waals surface area contributed by atoms with Gasteiger partial charge in [0.25, 0.3) is 5.91 Å². The average molecular weight is 385 g/mol. The Hall–Kier alpha value is -3.53. The highest BCUT2D eigenvalue weighted by Crippen LogP contribution is 2.35. The molecule has 4 heteroatoms. The molecule has 0 radical (unpaired) electrons. The number of hydrogen-bond donors (Lipinski definition) is 2. The van der Waals surface area contributed by atoms with E-state index in [9.17, 15) is 15.0 Å². The molecule has 1 aliphatic heterocycles. The van der Waals surface area contributed by atoms with E-state index in [1.54, 1.807) is 24.3 Å². The van der Waals surface area contributed by atoms with Crippen molar-refractivity contribution in [3.63, 3.8) is 0 Å².